The van der Waals surface area contributed by atoms with Crippen LogP contribution in [0.4, 0.5) is 0 Å². The van der Waals surface area contributed by atoms with Gasteiger partial charge in [-0.1, -0.05) is 24.3 Å². The molecule has 154 valence electrons. The van der Waals surface area contributed by atoms with E-state index < -0.39 is 0 Å². The minimum atomic E-state index is -0.340. The van der Waals surface area contributed by atoms with Gasteiger partial charge in [-0.05, 0) is 49.4 Å². The first-order valence-corrected chi connectivity index (χ1v) is 10.9. The zero-order valence-electron chi connectivity index (χ0n) is 16.8. The number of hydrogen-bond donors (Lipinski definition) is 1. The molecule has 1 aliphatic heterocycles. The van der Waals surface area contributed by atoms with Crippen LogP contribution in [0.5, 0.6) is 0 Å². The summed E-state index contributed by atoms with van der Waals surface area (Å²) in [7, 11) is 0. The van der Waals surface area contributed by atoms with E-state index in [4.69, 9.17) is 10.8 Å². The van der Waals surface area contributed by atoms with E-state index in [1.54, 1.807) is 22.3 Å². The van der Waals surface area contributed by atoms with Gasteiger partial charge in [0, 0.05) is 30.4 Å². The van der Waals surface area contributed by atoms with E-state index in [0.29, 0.717) is 6.54 Å². The molecule has 2 atom stereocenters. The number of carbonyl (C=O) groups is 2. The number of primary amides is 1. The fraction of sp³-hybridized carbons (Fsp3) is 0.261. The van der Waals surface area contributed by atoms with Crippen LogP contribution < -0.4 is 5.73 Å². The lowest BCUT2D eigenvalue weighted by Gasteiger charge is -2.36. The minimum absolute atomic E-state index is 0.0848. The van der Waals surface area contributed by atoms with Crippen LogP contribution in [0.2, 0.25) is 0 Å². The summed E-state index contributed by atoms with van der Waals surface area (Å²) in [6, 6.07) is 14.0. The first kappa shape index (κ1) is 20.1. The van der Waals surface area contributed by atoms with Gasteiger partial charge >= 0.3 is 0 Å². The van der Waals surface area contributed by atoms with Gasteiger partial charge in [-0.15, -0.1) is 11.3 Å². The highest BCUT2D eigenvalue weighted by Gasteiger charge is 2.30. The first-order chi connectivity index (χ1) is 14.5. The average Bonchev–Trinajstić information content (AvgIpc) is 3.42. The number of thiophene rings is 1. The number of rotatable bonds is 5. The number of para-hydroxylation sites is 1. The molecule has 1 aromatic carbocycles. The van der Waals surface area contributed by atoms with Crippen molar-refractivity contribution in [1.82, 2.24) is 14.7 Å². The summed E-state index contributed by atoms with van der Waals surface area (Å²) in [5, 5.41) is 6.76. The number of benzene rings is 1. The molecule has 0 unspecified atom stereocenters. The van der Waals surface area contributed by atoms with Gasteiger partial charge in [-0.3, -0.25) is 9.59 Å². The maximum atomic E-state index is 12.9. The maximum absolute atomic E-state index is 12.9. The Labute approximate surface area is 179 Å². The van der Waals surface area contributed by atoms with Gasteiger partial charge in [0.2, 0.25) is 11.8 Å². The molecule has 3 heterocycles. The van der Waals surface area contributed by atoms with Crippen molar-refractivity contribution in [3.63, 3.8) is 0 Å². The van der Waals surface area contributed by atoms with Gasteiger partial charge < -0.3 is 10.6 Å². The number of likely N-dealkylation sites (tertiary alicyclic amines) is 1. The molecule has 0 aliphatic carbocycles. The number of hydrogen-bond acceptors (Lipinski definition) is 4. The lowest BCUT2D eigenvalue weighted by atomic mass is 9.93. The Kier molecular flexibility index (Phi) is 5.81. The van der Waals surface area contributed by atoms with Crippen molar-refractivity contribution in [3.05, 3.63) is 65.7 Å². The number of nitrogens with two attached hydrogens (primary N) is 1. The normalized spacial score (nSPS) is 19.3. The fourth-order valence-corrected chi connectivity index (χ4v) is 4.46. The smallest absolute Gasteiger partial charge is 0.246 e. The number of aromatic nitrogens is 2. The van der Waals surface area contributed by atoms with Gasteiger partial charge in [0.25, 0.3) is 0 Å². The molecular weight excluding hydrogens is 396 g/mol. The van der Waals surface area contributed by atoms with Crippen molar-refractivity contribution in [1.29, 1.82) is 0 Å². The summed E-state index contributed by atoms with van der Waals surface area (Å²) in [6.45, 7) is 2.38. The van der Waals surface area contributed by atoms with Crippen LogP contribution >= 0.6 is 11.3 Å². The van der Waals surface area contributed by atoms with E-state index in [9.17, 15) is 9.59 Å². The molecule has 0 bridgehead atoms. The topological polar surface area (TPSA) is 81.2 Å². The molecule has 1 aliphatic rings. The maximum Gasteiger partial charge on any atom is 0.246 e. The van der Waals surface area contributed by atoms with Crippen molar-refractivity contribution in [3.8, 4) is 16.3 Å². The Bertz CT molecular complexity index is 1060. The van der Waals surface area contributed by atoms with E-state index in [1.807, 2.05) is 71.7 Å². The standard InChI is InChI=1S/C23H24N4O2S/c1-16-9-10-18(23(24)29)14-26(16)21(28)12-11-17-15-27(19-6-3-2-4-7-19)25-22(17)20-8-5-13-30-20/h2-8,11-13,15-16,18H,9-10,14H2,1H3,(H2,24,29)/b12-11-/t16-,18-/m1/s1. The van der Waals surface area contributed by atoms with Crippen LogP contribution in [0.1, 0.15) is 25.3 Å². The summed E-state index contributed by atoms with van der Waals surface area (Å²) in [4.78, 5) is 27.2. The molecule has 3 aromatic rings. The molecule has 30 heavy (non-hydrogen) atoms. The molecule has 0 spiro atoms. The van der Waals surface area contributed by atoms with Crippen molar-refractivity contribution in [2.75, 3.05) is 6.54 Å². The Morgan fingerprint density at radius 2 is 1.97 bits per heavy atom. The predicted molar refractivity (Wildman–Crippen MR) is 119 cm³/mol. The summed E-state index contributed by atoms with van der Waals surface area (Å²) >= 11 is 1.61. The number of nitrogens with zero attached hydrogens (tertiary/aromatic N) is 3. The van der Waals surface area contributed by atoms with Crippen LogP contribution in [-0.4, -0.2) is 39.1 Å². The molecule has 2 amide bonds. The lowest BCUT2D eigenvalue weighted by Crippen LogP contribution is -2.48. The van der Waals surface area contributed by atoms with Crippen molar-refractivity contribution < 1.29 is 9.59 Å². The van der Waals surface area contributed by atoms with Crippen LogP contribution in [0, 0.1) is 5.92 Å². The summed E-state index contributed by atoms with van der Waals surface area (Å²) < 4.78 is 1.83. The zero-order chi connectivity index (χ0) is 21.1. The molecule has 2 N–H and O–H groups in total. The van der Waals surface area contributed by atoms with Gasteiger partial charge in [0.1, 0.15) is 5.69 Å². The fourth-order valence-electron chi connectivity index (χ4n) is 3.73. The van der Waals surface area contributed by atoms with E-state index in [1.165, 1.54) is 0 Å². The second-order valence-electron chi connectivity index (χ2n) is 7.54. The highest BCUT2D eigenvalue weighted by Crippen LogP contribution is 2.29. The van der Waals surface area contributed by atoms with Crippen LogP contribution in [0.3, 0.4) is 0 Å². The second-order valence-corrected chi connectivity index (χ2v) is 8.49. The molecule has 7 heteroatoms. The molecule has 1 fully saturated rings. The Balaban J connectivity index is 1.61. The van der Waals surface area contributed by atoms with Crippen LogP contribution in [-0.2, 0) is 9.59 Å². The quantitative estimate of drug-likeness (QED) is 0.639. The summed E-state index contributed by atoms with van der Waals surface area (Å²) in [5.41, 5.74) is 8.12. The van der Waals surface area contributed by atoms with Gasteiger partial charge in [0.05, 0.1) is 16.5 Å². The Morgan fingerprint density at radius 3 is 2.67 bits per heavy atom. The summed E-state index contributed by atoms with van der Waals surface area (Å²) in [5.74, 6) is -0.730. The number of amides is 2. The second kappa shape index (κ2) is 8.67. The van der Waals surface area contributed by atoms with Crippen molar-refractivity contribution in [2.24, 2.45) is 11.7 Å². The van der Waals surface area contributed by atoms with Gasteiger partial charge in [0.15, 0.2) is 0 Å². The Hall–Kier alpha value is -3.19. The number of carbonyl (C=O) groups excluding carboxylic acids is 2. The molecule has 4 rings (SSSR count). The molecule has 0 saturated carbocycles. The SMILES string of the molecule is C[C@@H]1CC[C@@H](C(N)=O)CN1C(=O)/C=C\c1cn(-c2ccccc2)nc1-c1cccs1. The van der Waals surface area contributed by atoms with Crippen molar-refractivity contribution in [2.45, 2.75) is 25.8 Å². The first-order valence-electron chi connectivity index (χ1n) is 10.00. The van der Waals surface area contributed by atoms with E-state index in [-0.39, 0.29) is 23.8 Å². The highest BCUT2D eigenvalue weighted by molar-refractivity contribution is 7.13. The highest BCUT2D eigenvalue weighted by atomic mass is 32.1. The van der Waals surface area contributed by atoms with Gasteiger partial charge in [-0.25, -0.2) is 4.68 Å². The van der Waals surface area contributed by atoms with E-state index >= 15 is 0 Å². The third-order valence-corrected chi connectivity index (χ3v) is 6.37. The largest absolute Gasteiger partial charge is 0.369 e. The third kappa shape index (κ3) is 4.21. The van der Waals surface area contributed by atoms with Crippen LogP contribution in [0.25, 0.3) is 22.3 Å². The van der Waals surface area contributed by atoms with Crippen LogP contribution in [0.15, 0.2) is 60.1 Å². The molecule has 1 saturated heterocycles. The van der Waals surface area contributed by atoms with E-state index in [0.717, 1.165) is 34.7 Å². The third-order valence-electron chi connectivity index (χ3n) is 5.49. The van der Waals surface area contributed by atoms with Crippen molar-refractivity contribution >= 4 is 29.2 Å². The van der Waals surface area contributed by atoms with Gasteiger partial charge in [-0.2, -0.15) is 5.10 Å². The molecule has 2 aromatic heterocycles. The summed E-state index contributed by atoms with van der Waals surface area (Å²) in [6.07, 6.45) is 6.82. The molecule has 0 radical (unpaired) electrons. The minimum Gasteiger partial charge on any atom is -0.369 e. The molecular formula is C23H24N4O2S. The average molecular weight is 421 g/mol. The predicted octanol–water partition coefficient (Wildman–Crippen LogP) is 3.73. The molecule has 6 nitrogen and oxygen atoms in total. The number of piperidine rings is 1. The monoisotopic (exact) mass is 420 g/mol. The zero-order valence-corrected chi connectivity index (χ0v) is 17.6. The Morgan fingerprint density at radius 1 is 1.17 bits per heavy atom. The lowest BCUT2D eigenvalue weighted by molar-refractivity contribution is -0.133. The van der Waals surface area contributed by atoms with E-state index in [2.05, 4.69) is 0 Å².